The fraction of sp³-hybridized carbons (Fsp3) is 0.154. The van der Waals surface area contributed by atoms with Crippen molar-refractivity contribution in [1.82, 2.24) is 4.98 Å². The van der Waals surface area contributed by atoms with Crippen LogP contribution in [0.1, 0.15) is 11.1 Å². The van der Waals surface area contributed by atoms with Crippen LogP contribution in [0.25, 0.3) is 0 Å². The van der Waals surface area contributed by atoms with Crippen LogP contribution in [0.15, 0.2) is 36.7 Å². The van der Waals surface area contributed by atoms with Crippen molar-refractivity contribution in [2.75, 3.05) is 0 Å². The second-order valence-electron chi connectivity index (χ2n) is 3.72. The Hall–Kier alpha value is -1.74. The Balaban J connectivity index is 2.12. The van der Waals surface area contributed by atoms with Crippen molar-refractivity contribution in [3.8, 4) is 11.5 Å². The number of pyridine rings is 1. The largest absolute Gasteiger partial charge is 0.506 e. The van der Waals surface area contributed by atoms with Gasteiger partial charge in [-0.25, -0.2) is 0 Å². The summed E-state index contributed by atoms with van der Waals surface area (Å²) in [6.07, 6.45) is 3.45. The molecule has 0 spiro atoms. The average molecular weight is 250 g/mol. The number of aryl methyl sites for hydroxylation is 1. The summed E-state index contributed by atoms with van der Waals surface area (Å²) in [5.41, 5.74) is 1.86. The van der Waals surface area contributed by atoms with Gasteiger partial charge in [0.05, 0.1) is 5.02 Å². The van der Waals surface area contributed by atoms with E-state index in [1.54, 1.807) is 18.5 Å². The van der Waals surface area contributed by atoms with E-state index in [-0.39, 0.29) is 5.75 Å². The summed E-state index contributed by atoms with van der Waals surface area (Å²) in [4.78, 5) is 4.00. The van der Waals surface area contributed by atoms with Crippen LogP contribution in [0.4, 0.5) is 0 Å². The molecule has 0 atom stereocenters. The zero-order valence-electron chi connectivity index (χ0n) is 9.35. The summed E-state index contributed by atoms with van der Waals surface area (Å²) >= 11 is 5.79. The van der Waals surface area contributed by atoms with Gasteiger partial charge in [0.25, 0.3) is 0 Å². The maximum absolute atomic E-state index is 9.50. The van der Waals surface area contributed by atoms with Gasteiger partial charge in [0.15, 0.2) is 0 Å². The topological polar surface area (TPSA) is 42.4 Å². The van der Waals surface area contributed by atoms with E-state index < -0.39 is 0 Å². The Morgan fingerprint density at radius 3 is 2.94 bits per heavy atom. The van der Waals surface area contributed by atoms with Gasteiger partial charge in [0.1, 0.15) is 18.1 Å². The summed E-state index contributed by atoms with van der Waals surface area (Å²) < 4.78 is 5.60. The number of hydrogen-bond acceptors (Lipinski definition) is 3. The minimum Gasteiger partial charge on any atom is -0.506 e. The molecule has 0 aliphatic heterocycles. The van der Waals surface area contributed by atoms with Crippen molar-refractivity contribution in [2.45, 2.75) is 13.5 Å². The number of halogens is 1. The van der Waals surface area contributed by atoms with Crippen LogP contribution < -0.4 is 4.74 Å². The molecule has 1 heterocycles. The monoisotopic (exact) mass is 249 g/mol. The second-order valence-corrected chi connectivity index (χ2v) is 4.13. The molecule has 2 rings (SSSR count). The van der Waals surface area contributed by atoms with Gasteiger partial charge in [-0.1, -0.05) is 17.7 Å². The first-order valence-electron chi connectivity index (χ1n) is 5.17. The van der Waals surface area contributed by atoms with E-state index in [4.69, 9.17) is 16.3 Å². The van der Waals surface area contributed by atoms with E-state index in [9.17, 15) is 5.11 Å². The maximum atomic E-state index is 9.50. The summed E-state index contributed by atoms with van der Waals surface area (Å²) in [5, 5.41) is 9.83. The van der Waals surface area contributed by atoms with E-state index in [0.29, 0.717) is 17.4 Å². The standard InChI is InChI=1S/C13H12ClNO2/c1-9-5-11(14)12(16)6-13(9)17-8-10-3-2-4-15-7-10/h2-7,16H,8H2,1H3. The second kappa shape index (κ2) is 5.06. The molecule has 0 aliphatic rings. The van der Waals surface area contributed by atoms with Gasteiger partial charge in [-0.05, 0) is 24.6 Å². The Bertz CT molecular complexity index is 514. The molecule has 17 heavy (non-hydrogen) atoms. The third-order valence-corrected chi connectivity index (χ3v) is 2.66. The van der Waals surface area contributed by atoms with Crippen LogP contribution >= 0.6 is 11.6 Å². The number of phenolic OH excluding ortho intramolecular Hbond substituents is 1. The van der Waals surface area contributed by atoms with Crippen LogP contribution in [-0.4, -0.2) is 10.1 Å². The molecule has 0 radical (unpaired) electrons. The van der Waals surface area contributed by atoms with Crippen molar-refractivity contribution >= 4 is 11.6 Å². The Kier molecular flexibility index (Phi) is 3.49. The van der Waals surface area contributed by atoms with Gasteiger partial charge in [-0.3, -0.25) is 4.98 Å². The molecule has 3 nitrogen and oxygen atoms in total. The molecule has 0 aliphatic carbocycles. The van der Waals surface area contributed by atoms with Crippen LogP contribution in [0.2, 0.25) is 5.02 Å². The molecule has 0 saturated heterocycles. The average Bonchev–Trinajstić information content (AvgIpc) is 2.33. The van der Waals surface area contributed by atoms with E-state index in [2.05, 4.69) is 4.98 Å². The first-order valence-corrected chi connectivity index (χ1v) is 5.55. The number of phenols is 1. The molecule has 0 amide bonds. The number of ether oxygens (including phenoxy) is 1. The Morgan fingerprint density at radius 1 is 1.41 bits per heavy atom. The number of nitrogens with zero attached hydrogens (tertiary/aromatic N) is 1. The number of aromatic hydroxyl groups is 1. The van der Waals surface area contributed by atoms with E-state index in [1.165, 1.54) is 6.07 Å². The van der Waals surface area contributed by atoms with Crippen molar-refractivity contribution in [2.24, 2.45) is 0 Å². The molecule has 0 saturated carbocycles. The van der Waals surface area contributed by atoms with Crippen LogP contribution in [0.5, 0.6) is 11.5 Å². The fourth-order valence-corrected chi connectivity index (χ4v) is 1.66. The van der Waals surface area contributed by atoms with Crippen LogP contribution in [0, 0.1) is 6.92 Å². The molecule has 88 valence electrons. The van der Waals surface area contributed by atoms with Gasteiger partial charge in [0.2, 0.25) is 0 Å². The molecule has 1 N–H and O–H groups in total. The SMILES string of the molecule is Cc1cc(Cl)c(O)cc1OCc1cccnc1. The smallest absolute Gasteiger partial charge is 0.137 e. The van der Waals surface area contributed by atoms with Crippen molar-refractivity contribution in [3.05, 3.63) is 52.8 Å². The summed E-state index contributed by atoms with van der Waals surface area (Å²) in [7, 11) is 0. The lowest BCUT2D eigenvalue weighted by Gasteiger charge is -2.10. The summed E-state index contributed by atoms with van der Waals surface area (Å²) in [6, 6.07) is 6.98. The molecular formula is C13H12ClNO2. The quantitative estimate of drug-likeness (QED) is 0.907. The van der Waals surface area contributed by atoms with Gasteiger partial charge in [0, 0.05) is 24.0 Å². The zero-order chi connectivity index (χ0) is 12.3. The molecule has 1 aromatic heterocycles. The number of hydrogen-bond donors (Lipinski definition) is 1. The predicted octanol–water partition coefficient (Wildman–Crippen LogP) is 3.33. The highest BCUT2D eigenvalue weighted by Gasteiger charge is 2.06. The highest BCUT2D eigenvalue weighted by molar-refractivity contribution is 6.32. The Labute approximate surface area is 105 Å². The fourth-order valence-electron chi connectivity index (χ4n) is 1.44. The normalized spacial score (nSPS) is 10.2. The molecule has 4 heteroatoms. The molecule has 0 bridgehead atoms. The first-order chi connectivity index (χ1) is 8.16. The van der Waals surface area contributed by atoms with Gasteiger partial charge < -0.3 is 9.84 Å². The third kappa shape index (κ3) is 2.88. The number of rotatable bonds is 3. The lowest BCUT2D eigenvalue weighted by molar-refractivity contribution is 0.302. The molecule has 0 fully saturated rings. The van der Waals surface area contributed by atoms with E-state index in [1.807, 2.05) is 19.1 Å². The van der Waals surface area contributed by atoms with E-state index >= 15 is 0 Å². The minimum atomic E-state index is 0.0263. The van der Waals surface area contributed by atoms with Gasteiger partial charge in [-0.15, -0.1) is 0 Å². The molecule has 1 aromatic carbocycles. The van der Waals surface area contributed by atoms with Gasteiger partial charge in [-0.2, -0.15) is 0 Å². The molecular weight excluding hydrogens is 238 g/mol. The van der Waals surface area contributed by atoms with Crippen LogP contribution in [-0.2, 0) is 6.61 Å². The number of aromatic nitrogens is 1. The van der Waals surface area contributed by atoms with Crippen molar-refractivity contribution in [3.63, 3.8) is 0 Å². The zero-order valence-corrected chi connectivity index (χ0v) is 10.1. The third-order valence-electron chi connectivity index (χ3n) is 2.36. The van der Waals surface area contributed by atoms with Crippen molar-refractivity contribution in [1.29, 1.82) is 0 Å². The highest BCUT2D eigenvalue weighted by atomic mass is 35.5. The minimum absolute atomic E-state index is 0.0263. The summed E-state index contributed by atoms with van der Waals surface area (Å²) in [6.45, 7) is 2.29. The lowest BCUT2D eigenvalue weighted by atomic mass is 10.2. The molecule has 0 unspecified atom stereocenters. The van der Waals surface area contributed by atoms with Gasteiger partial charge >= 0.3 is 0 Å². The van der Waals surface area contributed by atoms with Crippen molar-refractivity contribution < 1.29 is 9.84 Å². The first kappa shape index (κ1) is 11.7. The Morgan fingerprint density at radius 2 is 2.24 bits per heavy atom. The number of benzene rings is 1. The molecule has 2 aromatic rings. The lowest BCUT2D eigenvalue weighted by Crippen LogP contribution is -1.97. The van der Waals surface area contributed by atoms with Crippen LogP contribution in [0.3, 0.4) is 0 Å². The summed E-state index contributed by atoms with van der Waals surface area (Å²) in [5.74, 6) is 0.647. The van der Waals surface area contributed by atoms with E-state index in [0.717, 1.165) is 11.1 Å². The predicted molar refractivity (Wildman–Crippen MR) is 66.4 cm³/mol. The maximum Gasteiger partial charge on any atom is 0.137 e. The highest BCUT2D eigenvalue weighted by Crippen LogP contribution is 2.31.